The van der Waals surface area contributed by atoms with Gasteiger partial charge in [-0.2, -0.15) is 0 Å². The monoisotopic (exact) mass is 468 g/mol. The van der Waals surface area contributed by atoms with E-state index in [1.165, 1.54) is 6.08 Å². The fourth-order valence-electron chi connectivity index (χ4n) is 3.85. The highest BCUT2D eigenvalue weighted by Gasteiger charge is 2.27. The van der Waals surface area contributed by atoms with Gasteiger partial charge in [0.25, 0.3) is 0 Å². The lowest BCUT2D eigenvalue weighted by atomic mass is 10.1. The number of likely N-dealkylation sites (N-methyl/N-ethyl adjacent to an activating group) is 1. The minimum atomic E-state index is -3.47. The summed E-state index contributed by atoms with van der Waals surface area (Å²) >= 11 is 0. The quantitative estimate of drug-likeness (QED) is 0.552. The van der Waals surface area contributed by atoms with E-state index in [0.717, 1.165) is 56.7 Å². The van der Waals surface area contributed by atoms with Crippen LogP contribution in [-0.4, -0.2) is 69.9 Å². The standard InChI is InChI=1S/C25H32N4O3S/c1-28-15-17-29(18-16-28)19-24(21-5-3-2-4-6-21)26-25(30)14-9-20-7-12-23(13-8-20)33(31,32)27-22-10-11-22/h2-9,12-14,22,24,27H,10-11,15-19H2,1H3,(H,26,30)/b14-9+. The summed E-state index contributed by atoms with van der Waals surface area (Å²) in [5.41, 5.74) is 1.85. The summed E-state index contributed by atoms with van der Waals surface area (Å²) < 4.78 is 27.3. The fourth-order valence-corrected chi connectivity index (χ4v) is 5.15. The number of benzene rings is 2. The number of sulfonamides is 1. The Balaban J connectivity index is 1.38. The molecule has 0 radical (unpaired) electrons. The Hall–Kier alpha value is -2.52. The molecule has 2 aliphatic rings. The zero-order valence-corrected chi connectivity index (χ0v) is 19.8. The maximum absolute atomic E-state index is 12.7. The van der Waals surface area contributed by atoms with Crippen LogP contribution in [0.1, 0.15) is 30.0 Å². The third-order valence-corrected chi connectivity index (χ3v) is 7.61. The van der Waals surface area contributed by atoms with Crippen LogP contribution in [0.25, 0.3) is 6.08 Å². The Labute approximate surface area is 196 Å². The summed E-state index contributed by atoms with van der Waals surface area (Å²) in [7, 11) is -1.34. The van der Waals surface area contributed by atoms with Crippen molar-refractivity contribution in [2.75, 3.05) is 39.8 Å². The molecule has 33 heavy (non-hydrogen) atoms. The molecule has 1 heterocycles. The summed E-state index contributed by atoms with van der Waals surface area (Å²) in [6.07, 6.45) is 5.01. The summed E-state index contributed by atoms with van der Waals surface area (Å²) in [5, 5.41) is 3.14. The molecule has 2 fully saturated rings. The fraction of sp³-hybridized carbons (Fsp3) is 0.400. The van der Waals surface area contributed by atoms with Gasteiger partial charge in [-0.25, -0.2) is 13.1 Å². The smallest absolute Gasteiger partial charge is 0.244 e. The first-order valence-corrected chi connectivity index (χ1v) is 12.9. The number of nitrogens with zero attached hydrogens (tertiary/aromatic N) is 2. The van der Waals surface area contributed by atoms with E-state index in [-0.39, 0.29) is 22.9 Å². The number of carbonyl (C=O) groups is 1. The van der Waals surface area contributed by atoms with E-state index in [0.29, 0.717) is 0 Å². The Morgan fingerprint density at radius 2 is 1.70 bits per heavy atom. The second-order valence-electron chi connectivity index (χ2n) is 8.87. The lowest BCUT2D eigenvalue weighted by Crippen LogP contribution is -2.47. The van der Waals surface area contributed by atoms with Crippen LogP contribution in [0.5, 0.6) is 0 Å². The highest BCUT2D eigenvalue weighted by molar-refractivity contribution is 7.89. The Bertz CT molecular complexity index is 1060. The Morgan fingerprint density at radius 3 is 2.33 bits per heavy atom. The van der Waals surface area contributed by atoms with E-state index in [1.54, 1.807) is 30.3 Å². The second kappa shape index (κ2) is 10.6. The van der Waals surface area contributed by atoms with Crippen LogP contribution in [0.3, 0.4) is 0 Å². The molecule has 2 aromatic rings. The predicted octanol–water partition coefficient (Wildman–Crippen LogP) is 2.25. The van der Waals surface area contributed by atoms with Gasteiger partial charge < -0.3 is 10.2 Å². The van der Waals surface area contributed by atoms with E-state index < -0.39 is 10.0 Å². The van der Waals surface area contributed by atoms with Gasteiger partial charge in [-0.3, -0.25) is 9.69 Å². The first-order chi connectivity index (χ1) is 15.9. The molecule has 7 nitrogen and oxygen atoms in total. The van der Waals surface area contributed by atoms with Crippen molar-refractivity contribution in [3.05, 3.63) is 71.8 Å². The number of rotatable bonds is 9. The van der Waals surface area contributed by atoms with E-state index in [1.807, 2.05) is 30.3 Å². The number of carbonyl (C=O) groups excluding carboxylic acids is 1. The SMILES string of the molecule is CN1CCN(CC(NC(=O)/C=C/c2ccc(S(=O)(=O)NC3CC3)cc2)c2ccccc2)CC1. The summed E-state index contributed by atoms with van der Waals surface area (Å²) in [5.74, 6) is -0.176. The molecule has 4 rings (SSSR count). The minimum absolute atomic E-state index is 0.0710. The summed E-state index contributed by atoms with van der Waals surface area (Å²) in [6.45, 7) is 4.78. The topological polar surface area (TPSA) is 81.8 Å². The largest absolute Gasteiger partial charge is 0.344 e. The predicted molar refractivity (Wildman–Crippen MR) is 130 cm³/mol. The van der Waals surface area contributed by atoms with Gasteiger partial charge in [0.2, 0.25) is 15.9 Å². The van der Waals surface area contributed by atoms with Crippen LogP contribution in [0, 0.1) is 0 Å². The minimum Gasteiger partial charge on any atom is -0.344 e. The van der Waals surface area contributed by atoms with Crippen molar-refractivity contribution >= 4 is 22.0 Å². The van der Waals surface area contributed by atoms with Crippen LogP contribution >= 0.6 is 0 Å². The lowest BCUT2D eigenvalue weighted by molar-refractivity contribution is -0.117. The molecule has 1 aliphatic carbocycles. The second-order valence-corrected chi connectivity index (χ2v) is 10.6. The van der Waals surface area contributed by atoms with Gasteiger partial charge in [-0.15, -0.1) is 0 Å². The zero-order chi connectivity index (χ0) is 23.3. The molecule has 1 amide bonds. The first kappa shape index (κ1) is 23.6. The summed E-state index contributed by atoms with van der Waals surface area (Å²) in [4.78, 5) is 17.7. The van der Waals surface area contributed by atoms with Gasteiger partial charge in [0.05, 0.1) is 10.9 Å². The van der Waals surface area contributed by atoms with Crippen molar-refractivity contribution < 1.29 is 13.2 Å². The highest BCUT2D eigenvalue weighted by atomic mass is 32.2. The molecular weight excluding hydrogens is 436 g/mol. The number of hydrogen-bond acceptors (Lipinski definition) is 5. The molecule has 0 bridgehead atoms. The van der Waals surface area contributed by atoms with Crippen molar-refractivity contribution in [2.45, 2.75) is 29.8 Å². The molecule has 1 saturated heterocycles. The van der Waals surface area contributed by atoms with Crippen molar-refractivity contribution in [3.63, 3.8) is 0 Å². The zero-order valence-electron chi connectivity index (χ0n) is 19.0. The third-order valence-electron chi connectivity index (χ3n) is 6.07. The summed E-state index contributed by atoms with van der Waals surface area (Å²) in [6, 6.07) is 16.6. The lowest BCUT2D eigenvalue weighted by Gasteiger charge is -2.34. The van der Waals surface area contributed by atoms with Crippen molar-refractivity contribution in [2.24, 2.45) is 0 Å². The number of amides is 1. The molecule has 0 spiro atoms. The molecule has 1 aliphatic heterocycles. The molecular formula is C25H32N4O3S. The molecule has 1 saturated carbocycles. The van der Waals surface area contributed by atoms with Crippen LogP contribution in [0.15, 0.2) is 65.6 Å². The van der Waals surface area contributed by atoms with Crippen LogP contribution < -0.4 is 10.0 Å². The van der Waals surface area contributed by atoms with Crippen molar-refractivity contribution in [1.29, 1.82) is 0 Å². The normalized spacial score (nSPS) is 18.9. The van der Waals surface area contributed by atoms with Gasteiger partial charge in [0.15, 0.2) is 0 Å². The van der Waals surface area contributed by atoms with Crippen molar-refractivity contribution in [1.82, 2.24) is 19.8 Å². The number of hydrogen-bond donors (Lipinski definition) is 2. The maximum Gasteiger partial charge on any atom is 0.244 e. The average Bonchev–Trinajstić information content (AvgIpc) is 3.63. The molecule has 176 valence electrons. The highest BCUT2D eigenvalue weighted by Crippen LogP contribution is 2.22. The molecule has 0 aromatic heterocycles. The molecule has 2 aromatic carbocycles. The van der Waals surface area contributed by atoms with E-state index in [2.05, 4.69) is 26.9 Å². The average molecular weight is 469 g/mol. The molecule has 1 unspecified atom stereocenters. The van der Waals surface area contributed by atoms with E-state index in [4.69, 9.17) is 0 Å². The number of piperazine rings is 1. The van der Waals surface area contributed by atoms with Gasteiger partial charge >= 0.3 is 0 Å². The van der Waals surface area contributed by atoms with E-state index in [9.17, 15) is 13.2 Å². The van der Waals surface area contributed by atoms with Crippen molar-refractivity contribution in [3.8, 4) is 0 Å². The van der Waals surface area contributed by atoms with Gasteiger partial charge in [-0.1, -0.05) is 42.5 Å². The van der Waals surface area contributed by atoms with Crippen LogP contribution in [0.2, 0.25) is 0 Å². The van der Waals surface area contributed by atoms with Gasteiger partial charge in [-0.05, 0) is 49.2 Å². The molecule has 1 atom stereocenters. The van der Waals surface area contributed by atoms with E-state index >= 15 is 0 Å². The first-order valence-electron chi connectivity index (χ1n) is 11.5. The van der Waals surface area contributed by atoms with Crippen LogP contribution in [0.4, 0.5) is 0 Å². The van der Waals surface area contributed by atoms with Gasteiger partial charge in [0, 0.05) is 44.8 Å². The third kappa shape index (κ3) is 6.98. The molecule has 8 heteroatoms. The maximum atomic E-state index is 12.7. The number of nitrogens with one attached hydrogen (secondary N) is 2. The Kier molecular flexibility index (Phi) is 7.60. The molecule has 2 N–H and O–H groups in total. The Morgan fingerprint density at radius 1 is 1.03 bits per heavy atom. The van der Waals surface area contributed by atoms with Crippen LogP contribution in [-0.2, 0) is 14.8 Å². The van der Waals surface area contributed by atoms with Gasteiger partial charge in [0.1, 0.15) is 0 Å².